The summed E-state index contributed by atoms with van der Waals surface area (Å²) in [5.41, 5.74) is 0. The number of hydrogen-bond donors (Lipinski definition) is 2. The van der Waals surface area contributed by atoms with E-state index >= 15 is 0 Å². The zero-order valence-electron chi connectivity index (χ0n) is 11.5. The Morgan fingerprint density at radius 2 is 2.37 bits per heavy atom. The number of amides is 1. The Kier molecular flexibility index (Phi) is 4.99. The molecule has 3 unspecified atom stereocenters. The van der Waals surface area contributed by atoms with Crippen molar-refractivity contribution in [2.75, 3.05) is 19.8 Å². The van der Waals surface area contributed by atoms with Gasteiger partial charge in [0, 0.05) is 6.04 Å². The van der Waals surface area contributed by atoms with E-state index in [0.29, 0.717) is 13.2 Å². The topological polar surface area (TPSA) is 63.5 Å². The lowest BCUT2D eigenvalue weighted by atomic mass is 10.0. The minimum Gasteiger partial charge on any atom is -0.467 e. The molecule has 5 nitrogen and oxygen atoms in total. The first kappa shape index (κ1) is 14.1. The van der Waals surface area contributed by atoms with Crippen LogP contribution in [0, 0.1) is 5.92 Å². The van der Waals surface area contributed by atoms with Crippen molar-refractivity contribution in [3.05, 3.63) is 24.2 Å². The van der Waals surface area contributed by atoms with Crippen molar-refractivity contribution in [1.29, 1.82) is 0 Å². The smallest absolute Gasteiger partial charge is 0.227 e. The van der Waals surface area contributed by atoms with Crippen molar-refractivity contribution >= 4 is 5.91 Å². The minimum absolute atomic E-state index is 0.0232. The third-order valence-electron chi connectivity index (χ3n) is 3.40. The molecule has 1 saturated heterocycles. The van der Waals surface area contributed by atoms with E-state index in [9.17, 15) is 4.79 Å². The van der Waals surface area contributed by atoms with E-state index in [2.05, 4.69) is 17.6 Å². The molecule has 0 bridgehead atoms. The van der Waals surface area contributed by atoms with E-state index < -0.39 is 0 Å². The quantitative estimate of drug-likeness (QED) is 0.818. The van der Waals surface area contributed by atoms with Gasteiger partial charge in [-0.3, -0.25) is 4.79 Å². The van der Waals surface area contributed by atoms with Crippen molar-refractivity contribution in [2.45, 2.75) is 32.4 Å². The number of ether oxygens (including phenoxy) is 1. The summed E-state index contributed by atoms with van der Waals surface area (Å²) in [5, 5.41) is 6.34. The molecule has 1 aliphatic heterocycles. The second kappa shape index (κ2) is 6.73. The molecule has 1 aromatic rings. The third-order valence-corrected chi connectivity index (χ3v) is 3.40. The largest absolute Gasteiger partial charge is 0.467 e. The number of carbonyl (C=O) groups is 1. The van der Waals surface area contributed by atoms with Crippen molar-refractivity contribution < 1.29 is 13.9 Å². The standard InChI is InChI=1S/C14H22N2O3/c1-3-6-15-12-9-18-8-11(12)14(17)16-10(2)13-5-4-7-19-13/h4-5,7,10-12,15H,3,6,8-9H2,1-2H3,(H,16,17). The first-order chi connectivity index (χ1) is 9.22. The van der Waals surface area contributed by atoms with Gasteiger partial charge >= 0.3 is 0 Å². The van der Waals surface area contributed by atoms with E-state index in [4.69, 9.17) is 9.15 Å². The Morgan fingerprint density at radius 1 is 1.53 bits per heavy atom. The van der Waals surface area contributed by atoms with Gasteiger partial charge in [0.05, 0.1) is 31.4 Å². The zero-order chi connectivity index (χ0) is 13.7. The molecule has 5 heteroatoms. The number of hydrogen-bond acceptors (Lipinski definition) is 4. The van der Waals surface area contributed by atoms with Crippen LogP contribution in [-0.2, 0) is 9.53 Å². The number of rotatable bonds is 6. The Balaban J connectivity index is 1.88. The molecular weight excluding hydrogens is 244 g/mol. The van der Waals surface area contributed by atoms with Crippen LogP contribution in [0.25, 0.3) is 0 Å². The maximum atomic E-state index is 12.3. The Bertz CT molecular complexity index is 391. The Labute approximate surface area is 113 Å². The molecule has 0 saturated carbocycles. The van der Waals surface area contributed by atoms with Gasteiger partial charge in [0.25, 0.3) is 0 Å². The fourth-order valence-electron chi connectivity index (χ4n) is 2.27. The highest BCUT2D eigenvalue weighted by Gasteiger charge is 2.34. The molecule has 1 amide bonds. The highest BCUT2D eigenvalue weighted by Crippen LogP contribution is 2.17. The molecule has 0 aromatic carbocycles. The van der Waals surface area contributed by atoms with E-state index in [0.717, 1.165) is 18.7 Å². The van der Waals surface area contributed by atoms with Crippen molar-refractivity contribution in [3.8, 4) is 0 Å². The van der Waals surface area contributed by atoms with Gasteiger partial charge in [-0.2, -0.15) is 0 Å². The first-order valence-electron chi connectivity index (χ1n) is 6.87. The maximum Gasteiger partial charge on any atom is 0.227 e. The number of nitrogens with one attached hydrogen (secondary N) is 2. The summed E-state index contributed by atoms with van der Waals surface area (Å²) >= 11 is 0. The highest BCUT2D eigenvalue weighted by molar-refractivity contribution is 5.80. The van der Waals surface area contributed by atoms with E-state index in [1.54, 1.807) is 6.26 Å². The second-order valence-electron chi connectivity index (χ2n) is 4.95. The molecule has 3 atom stereocenters. The monoisotopic (exact) mass is 266 g/mol. The summed E-state index contributed by atoms with van der Waals surface area (Å²) < 4.78 is 10.7. The molecule has 1 aliphatic rings. The molecule has 0 radical (unpaired) electrons. The van der Waals surface area contributed by atoms with Crippen LogP contribution in [0.15, 0.2) is 22.8 Å². The van der Waals surface area contributed by atoms with Crippen molar-refractivity contribution in [3.63, 3.8) is 0 Å². The summed E-state index contributed by atoms with van der Waals surface area (Å²) in [5.74, 6) is 0.671. The van der Waals surface area contributed by atoms with Gasteiger partial charge in [0.1, 0.15) is 5.76 Å². The van der Waals surface area contributed by atoms with Crippen molar-refractivity contribution in [1.82, 2.24) is 10.6 Å². The van der Waals surface area contributed by atoms with Gasteiger partial charge in [-0.1, -0.05) is 6.92 Å². The molecule has 0 spiro atoms. The zero-order valence-corrected chi connectivity index (χ0v) is 11.5. The molecule has 0 aliphatic carbocycles. The summed E-state index contributed by atoms with van der Waals surface area (Å²) in [6.07, 6.45) is 2.66. The molecule has 2 heterocycles. The predicted octanol–water partition coefficient (Wildman–Crippen LogP) is 1.47. The van der Waals surface area contributed by atoms with Crippen LogP contribution in [0.4, 0.5) is 0 Å². The van der Waals surface area contributed by atoms with Crippen LogP contribution in [0.2, 0.25) is 0 Å². The Hall–Kier alpha value is -1.33. The molecular formula is C14H22N2O3. The van der Waals surface area contributed by atoms with Gasteiger partial charge in [-0.15, -0.1) is 0 Å². The molecule has 106 valence electrons. The van der Waals surface area contributed by atoms with Crippen LogP contribution >= 0.6 is 0 Å². The lowest BCUT2D eigenvalue weighted by Crippen LogP contribution is -2.44. The van der Waals surface area contributed by atoms with Crippen LogP contribution in [0.5, 0.6) is 0 Å². The average Bonchev–Trinajstić information content (AvgIpc) is 3.07. The van der Waals surface area contributed by atoms with Crippen LogP contribution in [0.3, 0.4) is 0 Å². The van der Waals surface area contributed by atoms with Crippen LogP contribution < -0.4 is 10.6 Å². The Morgan fingerprint density at radius 3 is 3.05 bits per heavy atom. The van der Waals surface area contributed by atoms with Crippen molar-refractivity contribution in [2.24, 2.45) is 5.92 Å². The fourth-order valence-corrected chi connectivity index (χ4v) is 2.27. The fraction of sp³-hybridized carbons (Fsp3) is 0.643. The summed E-state index contributed by atoms with van der Waals surface area (Å²) in [6.45, 7) is 6.02. The minimum atomic E-state index is -0.121. The second-order valence-corrected chi connectivity index (χ2v) is 4.95. The van der Waals surface area contributed by atoms with E-state index in [1.807, 2.05) is 19.1 Å². The molecule has 19 heavy (non-hydrogen) atoms. The lowest BCUT2D eigenvalue weighted by Gasteiger charge is -2.20. The van der Waals surface area contributed by atoms with Gasteiger partial charge in [-0.05, 0) is 32.0 Å². The normalized spacial score (nSPS) is 24.3. The summed E-state index contributed by atoms with van der Waals surface area (Å²) in [7, 11) is 0. The molecule has 1 aromatic heterocycles. The molecule has 2 rings (SSSR count). The number of furan rings is 1. The maximum absolute atomic E-state index is 12.3. The SMILES string of the molecule is CCCNC1COCC1C(=O)NC(C)c1ccco1. The first-order valence-corrected chi connectivity index (χ1v) is 6.87. The van der Waals surface area contributed by atoms with Crippen LogP contribution in [0.1, 0.15) is 32.1 Å². The predicted molar refractivity (Wildman–Crippen MR) is 71.7 cm³/mol. The van der Waals surface area contributed by atoms with Gasteiger partial charge < -0.3 is 19.8 Å². The summed E-state index contributed by atoms with van der Waals surface area (Å²) in [6, 6.07) is 3.68. The highest BCUT2D eigenvalue weighted by atomic mass is 16.5. The molecule has 2 N–H and O–H groups in total. The number of carbonyl (C=O) groups excluding carboxylic acids is 1. The third kappa shape index (κ3) is 3.58. The average molecular weight is 266 g/mol. The molecule has 1 fully saturated rings. The van der Waals surface area contributed by atoms with Gasteiger partial charge in [0.2, 0.25) is 5.91 Å². The van der Waals surface area contributed by atoms with E-state index in [-0.39, 0.29) is 23.9 Å². The lowest BCUT2D eigenvalue weighted by molar-refractivity contribution is -0.126. The van der Waals surface area contributed by atoms with Crippen LogP contribution in [-0.4, -0.2) is 31.7 Å². The van der Waals surface area contributed by atoms with E-state index in [1.165, 1.54) is 0 Å². The van der Waals surface area contributed by atoms with Gasteiger partial charge in [-0.25, -0.2) is 0 Å². The summed E-state index contributed by atoms with van der Waals surface area (Å²) in [4.78, 5) is 12.3. The van der Waals surface area contributed by atoms with Gasteiger partial charge in [0.15, 0.2) is 0 Å².